The molecule has 4 rings (SSSR count). The van der Waals surface area contributed by atoms with Crippen LogP contribution >= 0.6 is 0 Å². The van der Waals surface area contributed by atoms with Crippen molar-refractivity contribution < 1.29 is 9.59 Å². The zero-order valence-corrected chi connectivity index (χ0v) is 19.1. The van der Waals surface area contributed by atoms with Crippen LogP contribution in [-0.2, 0) is 11.2 Å². The largest absolute Gasteiger partial charge is 0.340 e. The van der Waals surface area contributed by atoms with E-state index in [1.165, 1.54) is 11.1 Å². The van der Waals surface area contributed by atoms with Gasteiger partial charge in [-0.1, -0.05) is 69.3 Å². The van der Waals surface area contributed by atoms with Crippen LogP contribution in [0.3, 0.4) is 0 Å². The molecule has 164 valence electrons. The fourth-order valence-electron chi connectivity index (χ4n) is 4.31. The Labute approximate surface area is 189 Å². The Morgan fingerprint density at radius 3 is 2.25 bits per heavy atom. The molecular formula is C27H29N3O2. The molecule has 1 fully saturated rings. The predicted molar refractivity (Wildman–Crippen MR) is 126 cm³/mol. The second-order valence-electron chi connectivity index (χ2n) is 8.79. The summed E-state index contributed by atoms with van der Waals surface area (Å²) in [5.41, 5.74) is 4.70. The number of ketones is 2. The Kier molecular flexibility index (Phi) is 6.17. The molecule has 0 radical (unpaired) electrons. The van der Waals surface area contributed by atoms with Gasteiger partial charge in [-0.2, -0.15) is 5.10 Å². The number of benzene rings is 2. The third kappa shape index (κ3) is 4.20. The summed E-state index contributed by atoms with van der Waals surface area (Å²) < 4.78 is 0. The number of rotatable bonds is 6. The Morgan fingerprint density at radius 2 is 1.69 bits per heavy atom. The van der Waals surface area contributed by atoms with Gasteiger partial charge in [-0.25, -0.2) is 0 Å². The number of aryl methyl sites for hydroxylation is 2. The van der Waals surface area contributed by atoms with Crippen LogP contribution in [0, 0.1) is 12.8 Å². The fourth-order valence-corrected chi connectivity index (χ4v) is 4.31. The van der Waals surface area contributed by atoms with Crippen molar-refractivity contribution >= 4 is 17.4 Å². The van der Waals surface area contributed by atoms with Crippen LogP contribution in [0.1, 0.15) is 65.5 Å². The average Bonchev–Trinajstić information content (AvgIpc) is 3.16. The molecule has 1 aliphatic heterocycles. The van der Waals surface area contributed by atoms with Gasteiger partial charge in [0, 0.05) is 5.56 Å². The molecule has 0 saturated carbocycles. The van der Waals surface area contributed by atoms with Gasteiger partial charge in [-0.15, -0.1) is 5.10 Å². The lowest BCUT2D eigenvalue weighted by Gasteiger charge is -2.28. The summed E-state index contributed by atoms with van der Waals surface area (Å²) in [4.78, 5) is 28.7. The minimum absolute atomic E-state index is 0.0881. The molecular weight excluding hydrogens is 398 g/mol. The number of Topliss-reactive ketones (excluding diaryl/α,β-unsaturated/α-hetero) is 2. The van der Waals surface area contributed by atoms with Gasteiger partial charge in [0.15, 0.2) is 17.4 Å². The van der Waals surface area contributed by atoms with Crippen molar-refractivity contribution in [3.8, 4) is 0 Å². The summed E-state index contributed by atoms with van der Waals surface area (Å²) in [6.07, 6.45) is 0.932. The summed E-state index contributed by atoms with van der Waals surface area (Å²) in [6, 6.07) is 19.2. The van der Waals surface area contributed by atoms with Crippen LogP contribution in [0.25, 0.3) is 0 Å². The number of carbonyl (C=O) groups excluding carboxylic acids is 2. The summed E-state index contributed by atoms with van der Waals surface area (Å²) in [5, 5.41) is 8.48. The van der Waals surface area contributed by atoms with Crippen molar-refractivity contribution in [1.82, 2.24) is 10.2 Å². The Bertz CT molecular complexity index is 1100. The van der Waals surface area contributed by atoms with Crippen LogP contribution in [0.5, 0.6) is 0 Å². The predicted octanol–water partition coefficient (Wildman–Crippen LogP) is 5.10. The molecule has 0 aliphatic carbocycles. The fraction of sp³-hybridized carbons (Fsp3) is 0.333. The normalized spacial score (nSPS) is 18.4. The van der Waals surface area contributed by atoms with Crippen LogP contribution < -0.4 is 4.90 Å². The van der Waals surface area contributed by atoms with E-state index in [9.17, 15) is 9.59 Å². The van der Waals surface area contributed by atoms with E-state index in [0.717, 1.165) is 17.7 Å². The van der Waals surface area contributed by atoms with Gasteiger partial charge in [0.25, 0.3) is 0 Å². The molecule has 2 aromatic carbocycles. The molecule has 0 spiro atoms. The van der Waals surface area contributed by atoms with Gasteiger partial charge in [-0.05, 0) is 48.1 Å². The van der Waals surface area contributed by atoms with Crippen molar-refractivity contribution in [2.75, 3.05) is 11.4 Å². The van der Waals surface area contributed by atoms with Crippen molar-refractivity contribution in [3.05, 3.63) is 88.6 Å². The van der Waals surface area contributed by atoms with E-state index in [4.69, 9.17) is 0 Å². The molecule has 3 aromatic rings. The first-order valence-corrected chi connectivity index (χ1v) is 11.2. The number of aromatic nitrogens is 2. The number of nitrogens with zero attached hydrogens (tertiary/aromatic N) is 3. The minimum atomic E-state index is -0.782. The minimum Gasteiger partial charge on any atom is -0.340 e. The second-order valence-corrected chi connectivity index (χ2v) is 8.79. The topological polar surface area (TPSA) is 63.2 Å². The molecule has 1 aromatic heterocycles. The SMILES string of the molecule is CCc1ccc(C2C(C(=O)c3ccc(C(C)C)cc3)C(=O)CN2c2ccc(C)nn2)cc1. The van der Waals surface area contributed by atoms with Crippen molar-refractivity contribution in [3.63, 3.8) is 0 Å². The van der Waals surface area contributed by atoms with Crippen molar-refractivity contribution in [2.24, 2.45) is 5.92 Å². The van der Waals surface area contributed by atoms with Crippen molar-refractivity contribution in [2.45, 2.75) is 46.1 Å². The highest BCUT2D eigenvalue weighted by Gasteiger charge is 2.46. The quantitative estimate of drug-likeness (QED) is 0.404. The maximum atomic E-state index is 13.6. The Morgan fingerprint density at radius 1 is 1.00 bits per heavy atom. The third-order valence-corrected chi connectivity index (χ3v) is 6.28. The number of carbonyl (C=O) groups is 2. The highest BCUT2D eigenvalue weighted by Crippen LogP contribution is 2.40. The van der Waals surface area contributed by atoms with E-state index in [1.54, 1.807) is 0 Å². The van der Waals surface area contributed by atoms with Gasteiger partial charge < -0.3 is 4.90 Å². The van der Waals surface area contributed by atoms with Gasteiger partial charge in [0.05, 0.1) is 18.3 Å². The molecule has 5 heteroatoms. The second kappa shape index (κ2) is 9.03. The average molecular weight is 428 g/mol. The smallest absolute Gasteiger partial charge is 0.175 e. The lowest BCUT2D eigenvalue weighted by Crippen LogP contribution is -2.29. The molecule has 2 unspecified atom stereocenters. The first-order chi connectivity index (χ1) is 15.4. The Hall–Kier alpha value is -3.34. The number of hydrogen-bond donors (Lipinski definition) is 0. The van der Waals surface area contributed by atoms with Gasteiger partial charge in [0.1, 0.15) is 5.92 Å². The summed E-state index contributed by atoms with van der Waals surface area (Å²) in [7, 11) is 0. The summed E-state index contributed by atoms with van der Waals surface area (Å²) in [5.74, 6) is -0.0190. The van der Waals surface area contributed by atoms with Crippen LogP contribution in [0.15, 0.2) is 60.7 Å². The molecule has 2 atom stereocenters. The lowest BCUT2D eigenvalue weighted by molar-refractivity contribution is -0.118. The maximum absolute atomic E-state index is 13.6. The summed E-state index contributed by atoms with van der Waals surface area (Å²) in [6.45, 7) is 8.36. The van der Waals surface area contributed by atoms with Crippen LogP contribution in [0.2, 0.25) is 0 Å². The highest BCUT2D eigenvalue weighted by atomic mass is 16.2. The van der Waals surface area contributed by atoms with E-state index in [-0.39, 0.29) is 18.1 Å². The van der Waals surface area contributed by atoms with Gasteiger partial charge >= 0.3 is 0 Å². The molecule has 5 nitrogen and oxygen atoms in total. The molecule has 32 heavy (non-hydrogen) atoms. The third-order valence-electron chi connectivity index (χ3n) is 6.28. The van der Waals surface area contributed by atoms with E-state index in [0.29, 0.717) is 17.3 Å². The molecule has 0 amide bonds. The standard InChI is InChI=1S/C27H29N3O2/c1-5-19-7-9-21(10-8-19)26-25(27(32)22-13-11-20(12-14-22)17(2)3)23(31)16-30(26)24-15-6-18(4)28-29-24/h6-15,17,25-26H,5,16H2,1-4H3. The molecule has 0 N–H and O–H groups in total. The van der Waals surface area contributed by atoms with E-state index < -0.39 is 12.0 Å². The van der Waals surface area contributed by atoms with Gasteiger partial charge in [-0.3, -0.25) is 9.59 Å². The summed E-state index contributed by atoms with van der Waals surface area (Å²) >= 11 is 0. The zero-order chi connectivity index (χ0) is 22.8. The number of hydrogen-bond acceptors (Lipinski definition) is 5. The zero-order valence-electron chi connectivity index (χ0n) is 19.1. The van der Waals surface area contributed by atoms with Crippen LogP contribution in [0.4, 0.5) is 5.82 Å². The monoisotopic (exact) mass is 427 g/mol. The molecule has 1 saturated heterocycles. The maximum Gasteiger partial charge on any atom is 0.175 e. The van der Waals surface area contributed by atoms with Gasteiger partial charge in [0.2, 0.25) is 0 Å². The highest BCUT2D eigenvalue weighted by molar-refractivity contribution is 6.14. The Balaban J connectivity index is 1.75. The molecule has 0 bridgehead atoms. The molecule has 2 heterocycles. The molecule has 1 aliphatic rings. The van der Waals surface area contributed by atoms with E-state index >= 15 is 0 Å². The first-order valence-electron chi connectivity index (χ1n) is 11.2. The number of anilines is 1. The van der Waals surface area contributed by atoms with E-state index in [1.807, 2.05) is 60.4 Å². The van der Waals surface area contributed by atoms with Crippen LogP contribution in [-0.4, -0.2) is 28.3 Å². The van der Waals surface area contributed by atoms with E-state index in [2.05, 4.69) is 43.1 Å². The lowest BCUT2D eigenvalue weighted by atomic mass is 9.85. The van der Waals surface area contributed by atoms with Crippen molar-refractivity contribution in [1.29, 1.82) is 0 Å². The first kappa shape index (κ1) is 21.9.